The van der Waals surface area contributed by atoms with Gasteiger partial charge >= 0.3 is 0 Å². The van der Waals surface area contributed by atoms with Gasteiger partial charge in [-0.15, -0.1) is 11.3 Å². The van der Waals surface area contributed by atoms with Gasteiger partial charge in [-0.05, 0) is 39.2 Å². The van der Waals surface area contributed by atoms with Crippen molar-refractivity contribution < 1.29 is 4.74 Å². The van der Waals surface area contributed by atoms with Gasteiger partial charge < -0.3 is 4.74 Å². The number of halogens is 1. The molecule has 16 heavy (non-hydrogen) atoms. The first-order valence-electron chi connectivity index (χ1n) is 4.38. The number of nitrogens with zero attached hydrogens (tertiary/aromatic N) is 4. The average molecular weight is 299 g/mol. The van der Waals surface area contributed by atoms with Gasteiger partial charge in [-0.25, -0.2) is 4.98 Å². The van der Waals surface area contributed by atoms with Crippen molar-refractivity contribution in [3.05, 3.63) is 32.1 Å². The lowest BCUT2D eigenvalue weighted by Gasteiger charge is -2.03. The Hall–Kier alpha value is -1.30. The number of ether oxygens (including phenoxy) is 1. The summed E-state index contributed by atoms with van der Waals surface area (Å²) < 4.78 is 7.07. The van der Waals surface area contributed by atoms with E-state index >= 15 is 0 Å². The summed E-state index contributed by atoms with van der Waals surface area (Å²) in [5.74, 6) is 0.697. The third-order valence-corrected chi connectivity index (χ3v) is 3.48. The van der Waals surface area contributed by atoms with E-state index in [-0.39, 0.29) is 0 Å². The van der Waals surface area contributed by atoms with Crippen molar-refractivity contribution >= 4 is 37.5 Å². The minimum Gasteiger partial charge on any atom is -0.494 e. The largest absolute Gasteiger partial charge is 0.494 e. The Bertz CT molecular complexity index is 576. The number of hydrogen-bond donors (Lipinski definition) is 0. The molecule has 0 saturated heterocycles. The molecular weight excluding hydrogens is 292 g/mol. The molecule has 2 rings (SSSR count). The molecule has 0 aliphatic rings. The molecule has 1 aromatic carbocycles. The van der Waals surface area contributed by atoms with Gasteiger partial charge in [-0.3, -0.25) is 0 Å². The zero-order valence-corrected chi connectivity index (χ0v) is 10.7. The van der Waals surface area contributed by atoms with Gasteiger partial charge in [0.05, 0.1) is 18.4 Å². The van der Waals surface area contributed by atoms with Crippen LogP contribution in [0.5, 0.6) is 5.75 Å². The van der Waals surface area contributed by atoms with Crippen LogP contribution in [0.15, 0.2) is 21.2 Å². The molecule has 2 aromatic rings. The van der Waals surface area contributed by atoms with Crippen LogP contribution < -0.4 is 4.74 Å². The Morgan fingerprint density at radius 2 is 2.44 bits per heavy atom. The minimum atomic E-state index is 0.318. The molecule has 0 amide bonds. The van der Waals surface area contributed by atoms with Crippen LogP contribution in [0.3, 0.4) is 0 Å². The Morgan fingerprint density at radius 1 is 1.62 bits per heavy atom. The summed E-state index contributed by atoms with van der Waals surface area (Å²) in [6.45, 7) is 0.318. The fourth-order valence-corrected chi connectivity index (χ4v) is 2.86. The Morgan fingerprint density at radius 3 is 3.12 bits per heavy atom. The predicted molar refractivity (Wildman–Crippen MR) is 66.7 cm³/mol. The molecule has 0 unspecified atom stereocenters. The quantitative estimate of drug-likeness (QED) is 0.490. The number of rotatable bonds is 3. The van der Waals surface area contributed by atoms with E-state index in [2.05, 4.69) is 30.9 Å². The zero-order valence-electron chi connectivity index (χ0n) is 8.35. The monoisotopic (exact) mass is 298 g/mol. The highest BCUT2D eigenvalue weighted by molar-refractivity contribution is 9.11. The molecule has 0 aliphatic heterocycles. The third-order valence-electron chi connectivity index (χ3n) is 2.03. The Balaban J connectivity index is 2.57. The van der Waals surface area contributed by atoms with Crippen molar-refractivity contribution in [1.29, 1.82) is 0 Å². The normalized spacial score (nSPS) is 10.1. The first-order chi connectivity index (χ1) is 7.74. The maximum absolute atomic E-state index is 8.28. The molecule has 0 saturated carbocycles. The lowest BCUT2D eigenvalue weighted by Crippen LogP contribution is -1.87. The lowest BCUT2D eigenvalue weighted by molar-refractivity contribution is 0.418. The minimum absolute atomic E-state index is 0.318. The molecule has 1 heterocycles. The zero-order chi connectivity index (χ0) is 11.5. The number of aromatic nitrogens is 1. The van der Waals surface area contributed by atoms with E-state index < -0.39 is 0 Å². The number of fused-ring (bicyclic) bond motifs is 1. The van der Waals surface area contributed by atoms with E-state index in [1.54, 1.807) is 7.11 Å². The maximum Gasteiger partial charge on any atom is 0.160 e. The molecule has 0 fully saturated rings. The smallest absolute Gasteiger partial charge is 0.160 e. The van der Waals surface area contributed by atoms with Crippen LogP contribution in [0.1, 0.15) is 5.56 Å². The van der Waals surface area contributed by atoms with Crippen molar-refractivity contribution in [3.63, 3.8) is 0 Å². The number of thiazole rings is 1. The van der Waals surface area contributed by atoms with Crippen molar-refractivity contribution in [3.8, 4) is 5.75 Å². The van der Waals surface area contributed by atoms with Crippen molar-refractivity contribution in [2.24, 2.45) is 5.11 Å². The summed E-state index contributed by atoms with van der Waals surface area (Å²) in [5.41, 5.74) is 10.0. The summed E-state index contributed by atoms with van der Waals surface area (Å²) in [6.07, 6.45) is 0. The van der Waals surface area contributed by atoms with Crippen LogP contribution in [0.2, 0.25) is 0 Å². The summed E-state index contributed by atoms with van der Waals surface area (Å²) in [5, 5.41) is 3.53. The molecule has 1 aromatic heterocycles. The van der Waals surface area contributed by atoms with Gasteiger partial charge in [0.2, 0.25) is 0 Å². The maximum atomic E-state index is 8.28. The second-order valence-electron chi connectivity index (χ2n) is 3.00. The van der Waals surface area contributed by atoms with Crippen molar-refractivity contribution in [1.82, 2.24) is 4.98 Å². The van der Waals surface area contributed by atoms with E-state index in [0.717, 1.165) is 19.7 Å². The highest BCUT2D eigenvalue weighted by atomic mass is 79.9. The van der Waals surface area contributed by atoms with E-state index in [9.17, 15) is 0 Å². The number of methoxy groups -OCH3 is 1. The SMILES string of the molecule is COc1cc(CN=[N+]=[N-])cc2sc(Br)nc12. The number of benzene rings is 1. The fraction of sp³-hybridized carbons (Fsp3) is 0.222. The van der Waals surface area contributed by atoms with Gasteiger partial charge in [0.1, 0.15) is 11.3 Å². The highest BCUT2D eigenvalue weighted by Gasteiger charge is 2.09. The molecule has 0 bridgehead atoms. The predicted octanol–water partition coefficient (Wildman–Crippen LogP) is 3.88. The third kappa shape index (κ3) is 2.11. The molecule has 7 heteroatoms. The molecule has 82 valence electrons. The average Bonchev–Trinajstić information content (AvgIpc) is 2.65. The number of hydrogen-bond acceptors (Lipinski definition) is 4. The van der Waals surface area contributed by atoms with E-state index in [4.69, 9.17) is 10.3 Å². The van der Waals surface area contributed by atoms with Crippen LogP contribution in [0.4, 0.5) is 0 Å². The molecule has 0 spiro atoms. The van der Waals surface area contributed by atoms with Crippen LogP contribution in [0.25, 0.3) is 20.7 Å². The van der Waals surface area contributed by atoms with Crippen molar-refractivity contribution in [2.45, 2.75) is 6.54 Å². The summed E-state index contributed by atoms with van der Waals surface area (Å²) >= 11 is 4.86. The Kier molecular flexibility index (Phi) is 3.28. The number of azide groups is 1. The Labute approximate surface area is 104 Å². The molecule has 0 aliphatic carbocycles. The molecule has 0 radical (unpaired) electrons. The van der Waals surface area contributed by atoms with Gasteiger partial charge in [0.25, 0.3) is 0 Å². The molecular formula is C9H7BrN4OS. The van der Waals surface area contributed by atoms with E-state index in [0.29, 0.717) is 12.3 Å². The van der Waals surface area contributed by atoms with Gasteiger partial charge in [0, 0.05) is 4.91 Å². The topological polar surface area (TPSA) is 70.9 Å². The van der Waals surface area contributed by atoms with E-state index in [1.165, 1.54) is 11.3 Å². The van der Waals surface area contributed by atoms with Gasteiger partial charge in [-0.2, -0.15) is 0 Å². The van der Waals surface area contributed by atoms with Crippen molar-refractivity contribution in [2.75, 3.05) is 7.11 Å². The molecule has 5 nitrogen and oxygen atoms in total. The second-order valence-corrected chi connectivity index (χ2v) is 5.31. The summed E-state index contributed by atoms with van der Waals surface area (Å²) in [6, 6.07) is 3.79. The lowest BCUT2D eigenvalue weighted by atomic mass is 10.2. The van der Waals surface area contributed by atoms with Crippen LogP contribution in [-0.4, -0.2) is 12.1 Å². The summed E-state index contributed by atoms with van der Waals surface area (Å²) in [7, 11) is 1.60. The summed E-state index contributed by atoms with van der Waals surface area (Å²) in [4.78, 5) is 7.05. The second kappa shape index (κ2) is 4.69. The van der Waals surface area contributed by atoms with Crippen LogP contribution in [0, 0.1) is 0 Å². The first kappa shape index (κ1) is 11.2. The fourth-order valence-electron chi connectivity index (χ4n) is 1.39. The molecule has 0 N–H and O–H groups in total. The van der Waals surface area contributed by atoms with E-state index in [1.807, 2.05) is 12.1 Å². The van der Waals surface area contributed by atoms with Crippen LogP contribution in [-0.2, 0) is 6.54 Å². The standard InChI is InChI=1S/C9H7BrN4OS/c1-15-6-2-5(4-12-14-11)3-7-8(6)13-9(10)16-7/h2-3H,4H2,1H3. The van der Waals surface area contributed by atoms with Gasteiger partial charge in [-0.1, -0.05) is 5.11 Å². The first-order valence-corrected chi connectivity index (χ1v) is 5.99. The highest BCUT2D eigenvalue weighted by Crippen LogP contribution is 2.33. The van der Waals surface area contributed by atoms with Crippen LogP contribution >= 0.6 is 27.3 Å². The molecule has 0 atom stereocenters. The van der Waals surface area contributed by atoms with Gasteiger partial charge in [0.15, 0.2) is 3.92 Å².